The van der Waals surface area contributed by atoms with E-state index in [1.54, 1.807) is 0 Å². The van der Waals surface area contributed by atoms with Crippen LogP contribution in [0, 0.1) is 5.41 Å². The average Bonchev–Trinajstić information content (AvgIpc) is 2.37. The first kappa shape index (κ1) is 22.7. The van der Waals surface area contributed by atoms with Gasteiger partial charge in [0.05, 0.1) is 0 Å². The molecule has 0 aromatic rings. The normalized spacial score (nSPS) is 12.0. The van der Waals surface area contributed by atoms with Crippen LogP contribution < -0.4 is 0 Å². The van der Waals surface area contributed by atoms with Crippen LogP contribution in [0.2, 0.25) is 0 Å². The molecule has 0 nitrogen and oxygen atoms in total. The topological polar surface area (TPSA) is 0 Å². The van der Waals surface area contributed by atoms with E-state index in [4.69, 9.17) is 12.2 Å². The molecule has 0 unspecified atom stereocenters. The predicted molar refractivity (Wildman–Crippen MR) is 90.5 cm³/mol. The Morgan fingerprint density at radius 3 is 1.56 bits per heavy atom. The summed E-state index contributed by atoms with van der Waals surface area (Å²) in [6.45, 7) is 9.25. The number of rotatable bonds is 7. The minimum atomic E-state index is -0.349. The Hall–Kier alpha value is 2.44. The quantitative estimate of drug-likeness (QED) is 0.186. The second-order valence-electron chi connectivity index (χ2n) is 4.23. The molecule has 0 rings (SSSR count). The van der Waals surface area contributed by atoms with E-state index in [9.17, 15) is 0 Å². The van der Waals surface area contributed by atoms with Crippen molar-refractivity contribution in [3.8, 4) is 0 Å². The molecule has 115 valence electrons. The summed E-state index contributed by atoms with van der Waals surface area (Å²) in [6, 6.07) is 0. The van der Waals surface area contributed by atoms with Crippen LogP contribution in [0.3, 0.4) is 0 Å². The summed E-state index contributed by atoms with van der Waals surface area (Å²) in [6.07, 6.45) is 6.82. The number of thiocarbonyl (C=S) groups is 1. The van der Waals surface area contributed by atoms with E-state index in [0.29, 0.717) is 9.61 Å². The van der Waals surface area contributed by atoms with Gasteiger partial charge < -0.3 is 0 Å². The van der Waals surface area contributed by atoms with E-state index in [1.807, 2.05) is 0 Å². The van der Waals surface area contributed by atoms with Crippen molar-refractivity contribution in [2.75, 3.05) is 0 Å². The summed E-state index contributed by atoms with van der Waals surface area (Å²) in [5.41, 5.74) is 0.675. The molecule has 0 bridgehead atoms. The van der Waals surface area contributed by atoms with Gasteiger partial charge in [0.15, 0.2) is 0 Å². The van der Waals surface area contributed by atoms with Gasteiger partial charge in [0.2, 0.25) is 0 Å². The average molecular weight is 682 g/mol. The molecular formula is C12H25Ir2S4. The van der Waals surface area contributed by atoms with Gasteiger partial charge in [-0.1, -0.05) is 53.4 Å². The first-order chi connectivity index (χ1) is 8.25. The van der Waals surface area contributed by atoms with Crippen molar-refractivity contribution in [1.29, 1.82) is 0 Å². The van der Waals surface area contributed by atoms with Crippen molar-refractivity contribution >= 4 is 54.3 Å². The number of hydrogen-bond acceptors (Lipinski definition) is 3. The fourth-order valence-electron chi connectivity index (χ4n) is 1.83. The van der Waals surface area contributed by atoms with E-state index in [-0.39, 0.29) is 17.0 Å². The molecule has 18 heavy (non-hydrogen) atoms. The van der Waals surface area contributed by atoms with Crippen LogP contribution in [0.5, 0.6) is 0 Å². The van der Waals surface area contributed by atoms with Gasteiger partial charge in [-0.25, -0.2) is 0 Å². The van der Waals surface area contributed by atoms with Crippen molar-refractivity contribution in [1.82, 2.24) is 0 Å². The van der Waals surface area contributed by atoms with Crippen LogP contribution in [0.15, 0.2) is 0 Å². The van der Waals surface area contributed by atoms with Gasteiger partial charge in [-0.05, 0) is 11.8 Å². The zero-order valence-electron chi connectivity index (χ0n) is 11.5. The van der Waals surface area contributed by atoms with Crippen LogP contribution in [0.25, 0.3) is 0 Å². The van der Waals surface area contributed by atoms with Crippen LogP contribution >= 0.6 is 50.1 Å². The van der Waals surface area contributed by atoms with Gasteiger partial charge in [-0.15, -0.1) is 0 Å². The van der Waals surface area contributed by atoms with Crippen LogP contribution in [0.1, 0.15) is 59.8 Å². The van der Waals surface area contributed by atoms with Gasteiger partial charge >= 0.3 is 86.9 Å². The van der Waals surface area contributed by atoms with Crippen molar-refractivity contribution in [2.24, 2.45) is 5.41 Å². The third-order valence-corrected chi connectivity index (χ3v) is 18.4. The molecule has 0 fully saturated rings. The van der Waals surface area contributed by atoms with Gasteiger partial charge in [0.25, 0.3) is 0 Å². The first-order valence-electron chi connectivity index (χ1n) is 6.15. The molecule has 0 aromatic heterocycles. The van der Waals surface area contributed by atoms with Crippen LogP contribution in [0.4, 0.5) is 0 Å². The van der Waals surface area contributed by atoms with Gasteiger partial charge in [-0.3, -0.25) is 0 Å². The van der Waals surface area contributed by atoms with E-state index >= 15 is 0 Å². The number of thiol groups is 3. The predicted octanol–water partition coefficient (Wildman–Crippen LogP) is 5.30. The van der Waals surface area contributed by atoms with E-state index < -0.39 is 0 Å². The van der Waals surface area contributed by atoms with Gasteiger partial charge in [-0.2, -0.15) is 0 Å². The molecule has 0 aliphatic rings. The molecule has 0 heterocycles. The Morgan fingerprint density at radius 2 is 1.50 bits per heavy atom. The van der Waals surface area contributed by atoms with Crippen LogP contribution in [-0.4, -0.2) is 6.79 Å². The molecule has 0 saturated heterocycles. The van der Waals surface area contributed by atoms with Gasteiger partial charge in [0.1, 0.15) is 0 Å². The summed E-state index contributed by atoms with van der Waals surface area (Å²) in [5, 5.41) is 0. The molecule has 0 N–H and O–H groups in total. The van der Waals surface area contributed by atoms with E-state index in [1.165, 1.54) is 32.1 Å². The molecule has 6 heteroatoms. The zero-order valence-corrected chi connectivity index (χ0v) is 19.7. The monoisotopic (exact) mass is 683 g/mol. The zero-order chi connectivity index (χ0) is 14.8. The summed E-state index contributed by atoms with van der Waals surface area (Å²) >= 11 is 19.0. The summed E-state index contributed by atoms with van der Waals surface area (Å²) < 4.78 is 0.241. The summed E-state index contributed by atoms with van der Waals surface area (Å²) in [7, 11) is 0. The maximum atomic E-state index is 4.77. The van der Waals surface area contributed by atoms with E-state index in [0.717, 1.165) is 0 Å². The van der Waals surface area contributed by atoms with Crippen molar-refractivity contribution in [3.63, 3.8) is 0 Å². The molecule has 0 radical (unpaired) electrons. The third kappa shape index (κ3) is 9.39. The second-order valence-corrected chi connectivity index (χ2v) is 14.4. The summed E-state index contributed by atoms with van der Waals surface area (Å²) in [4.78, 5) is 0. The fraction of sp³-hybridized carbons (Fsp3) is 0.917. The molecule has 0 amide bonds. The Balaban J connectivity index is 0. The Morgan fingerprint density at radius 1 is 1.11 bits per heavy atom. The van der Waals surface area contributed by atoms with E-state index in [2.05, 4.69) is 81.2 Å². The summed E-state index contributed by atoms with van der Waals surface area (Å²) in [5.74, 6) is 0. The molecule has 0 aliphatic heterocycles. The Labute approximate surface area is 150 Å². The SMILES string of the molecule is CCCC(CC)(CC)CC.S=C(S)[C](S)(S)[Ir]=[Ir]. The Kier molecular flexibility index (Phi) is 15.2. The molecule has 0 aromatic carbocycles. The first-order valence-corrected chi connectivity index (χ1v) is 16.4. The fourth-order valence-corrected chi connectivity index (χ4v) is 6.59. The van der Waals surface area contributed by atoms with Crippen molar-refractivity contribution in [2.45, 2.75) is 62.4 Å². The molecule has 0 aliphatic carbocycles. The van der Waals surface area contributed by atoms with Crippen molar-refractivity contribution < 1.29 is 30.0 Å². The Bertz CT molecular complexity index is 242. The standard InChI is InChI=1S/C10H22.C2H3S4.2Ir/c1-5-9-10(6-2,7-3)8-4;3-1(4)2(5)6;;/h5-9H2,1-4H3;3-4H,(H,5,6);;. The number of hydrogen-bond donors (Lipinski definition) is 3. The molecular weight excluding hydrogens is 657 g/mol. The molecule has 0 spiro atoms. The molecule has 0 saturated carbocycles. The van der Waals surface area contributed by atoms with Crippen LogP contribution in [-0.2, 0) is 30.0 Å². The van der Waals surface area contributed by atoms with Gasteiger partial charge in [0, 0.05) is 0 Å². The maximum absolute atomic E-state index is 4.77. The molecule has 0 atom stereocenters. The third-order valence-electron chi connectivity index (χ3n) is 3.37. The second kappa shape index (κ2) is 12.0. The minimum absolute atomic E-state index is 0.186. The van der Waals surface area contributed by atoms with Crippen molar-refractivity contribution in [3.05, 3.63) is 0 Å².